The first-order chi connectivity index (χ1) is 8.82. The number of hydrogen-bond donors (Lipinski definition) is 2. The van der Waals surface area contributed by atoms with Crippen molar-refractivity contribution in [1.82, 2.24) is 10.2 Å². The summed E-state index contributed by atoms with van der Waals surface area (Å²) in [7, 11) is 0. The molecule has 0 aliphatic carbocycles. The Kier molecular flexibility index (Phi) is 5.32. The monoisotopic (exact) mass is 270 g/mol. The zero-order chi connectivity index (χ0) is 14.6. The Labute approximate surface area is 113 Å². The van der Waals surface area contributed by atoms with Gasteiger partial charge in [-0.15, -0.1) is 0 Å². The molecular formula is C13H22N2O4. The van der Waals surface area contributed by atoms with E-state index in [0.29, 0.717) is 19.4 Å². The Hall–Kier alpha value is -1.59. The SMILES string of the molecule is CC(=O)NC(C(=O)N1CCC[C@H](C(=O)O)C1)C(C)C. The first-order valence-electron chi connectivity index (χ1n) is 6.61. The van der Waals surface area contributed by atoms with Crippen molar-refractivity contribution >= 4 is 17.8 Å². The summed E-state index contributed by atoms with van der Waals surface area (Å²) in [6.07, 6.45) is 1.29. The van der Waals surface area contributed by atoms with Crippen molar-refractivity contribution in [3.63, 3.8) is 0 Å². The Morgan fingerprint density at radius 3 is 2.42 bits per heavy atom. The molecule has 0 radical (unpaired) electrons. The highest BCUT2D eigenvalue weighted by molar-refractivity contribution is 5.87. The number of carboxylic acid groups (broad SMARTS) is 1. The van der Waals surface area contributed by atoms with Crippen molar-refractivity contribution in [3.8, 4) is 0 Å². The average molecular weight is 270 g/mol. The van der Waals surface area contributed by atoms with Crippen LogP contribution in [0.1, 0.15) is 33.6 Å². The summed E-state index contributed by atoms with van der Waals surface area (Å²) in [5.74, 6) is -1.82. The van der Waals surface area contributed by atoms with E-state index in [1.54, 1.807) is 4.90 Å². The number of rotatable bonds is 4. The Bertz CT molecular complexity index is 368. The summed E-state index contributed by atoms with van der Waals surface area (Å²) in [4.78, 5) is 36.1. The lowest BCUT2D eigenvalue weighted by Gasteiger charge is -2.34. The zero-order valence-corrected chi connectivity index (χ0v) is 11.7. The van der Waals surface area contributed by atoms with Gasteiger partial charge in [0.25, 0.3) is 0 Å². The summed E-state index contributed by atoms with van der Waals surface area (Å²) in [6, 6.07) is -0.579. The molecular weight excluding hydrogens is 248 g/mol. The third-order valence-corrected chi connectivity index (χ3v) is 3.37. The van der Waals surface area contributed by atoms with E-state index in [2.05, 4.69) is 5.32 Å². The highest BCUT2D eigenvalue weighted by Gasteiger charge is 2.33. The number of carbonyl (C=O) groups is 3. The lowest BCUT2D eigenvalue weighted by atomic mass is 9.96. The van der Waals surface area contributed by atoms with Gasteiger partial charge in [-0.1, -0.05) is 13.8 Å². The van der Waals surface area contributed by atoms with Crippen LogP contribution in [0.15, 0.2) is 0 Å². The van der Waals surface area contributed by atoms with Crippen molar-refractivity contribution < 1.29 is 19.5 Å². The highest BCUT2D eigenvalue weighted by Crippen LogP contribution is 2.18. The highest BCUT2D eigenvalue weighted by atomic mass is 16.4. The van der Waals surface area contributed by atoms with Crippen molar-refractivity contribution in [2.75, 3.05) is 13.1 Å². The Morgan fingerprint density at radius 2 is 1.95 bits per heavy atom. The van der Waals surface area contributed by atoms with Gasteiger partial charge in [0.05, 0.1) is 5.92 Å². The molecule has 2 N–H and O–H groups in total. The molecule has 6 nitrogen and oxygen atoms in total. The van der Waals surface area contributed by atoms with Crippen molar-refractivity contribution in [2.45, 2.75) is 39.7 Å². The van der Waals surface area contributed by atoms with E-state index >= 15 is 0 Å². The van der Waals surface area contributed by atoms with Gasteiger partial charge in [0.2, 0.25) is 11.8 Å². The fourth-order valence-electron chi connectivity index (χ4n) is 2.31. The van der Waals surface area contributed by atoms with E-state index in [0.717, 1.165) is 0 Å². The van der Waals surface area contributed by atoms with E-state index in [9.17, 15) is 14.4 Å². The molecule has 1 aliphatic heterocycles. The molecule has 1 aliphatic rings. The van der Waals surface area contributed by atoms with E-state index in [-0.39, 0.29) is 24.3 Å². The second kappa shape index (κ2) is 6.54. The third-order valence-electron chi connectivity index (χ3n) is 3.37. The Balaban J connectivity index is 2.73. The molecule has 1 unspecified atom stereocenters. The molecule has 6 heteroatoms. The molecule has 0 aromatic heterocycles. The van der Waals surface area contributed by atoms with E-state index in [4.69, 9.17) is 5.11 Å². The summed E-state index contributed by atoms with van der Waals surface area (Å²) in [6.45, 7) is 5.88. The minimum atomic E-state index is -0.863. The number of hydrogen-bond acceptors (Lipinski definition) is 3. The second-order valence-electron chi connectivity index (χ2n) is 5.38. The summed E-state index contributed by atoms with van der Waals surface area (Å²) in [5.41, 5.74) is 0. The van der Waals surface area contributed by atoms with Crippen LogP contribution in [0.4, 0.5) is 0 Å². The molecule has 0 saturated carbocycles. The van der Waals surface area contributed by atoms with Gasteiger partial charge in [-0.05, 0) is 18.8 Å². The van der Waals surface area contributed by atoms with Gasteiger partial charge in [0, 0.05) is 20.0 Å². The van der Waals surface area contributed by atoms with Crippen LogP contribution >= 0.6 is 0 Å². The van der Waals surface area contributed by atoms with E-state index in [1.807, 2.05) is 13.8 Å². The molecule has 2 amide bonds. The lowest BCUT2D eigenvalue weighted by Crippen LogP contribution is -2.53. The summed E-state index contributed by atoms with van der Waals surface area (Å²) >= 11 is 0. The van der Waals surface area contributed by atoms with E-state index in [1.165, 1.54) is 6.92 Å². The summed E-state index contributed by atoms with van der Waals surface area (Å²) in [5, 5.41) is 11.7. The number of nitrogens with zero attached hydrogens (tertiary/aromatic N) is 1. The number of aliphatic carboxylic acids is 1. The molecule has 2 atom stereocenters. The molecule has 0 spiro atoms. The molecule has 0 aromatic rings. The van der Waals surface area contributed by atoms with Crippen molar-refractivity contribution in [1.29, 1.82) is 0 Å². The zero-order valence-electron chi connectivity index (χ0n) is 11.7. The van der Waals surface area contributed by atoms with Crippen LogP contribution in [0.5, 0.6) is 0 Å². The fraction of sp³-hybridized carbons (Fsp3) is 0.769. The van der Waals surface area contributed by atoms with E-state index < -0.39 is 17.9 Å². The first kappa shape index (κ1) is 15.5. The second-order valence-corrected chi connectivity index (χ2v) is 5.38. The molecule has 1 saturated heterocycles. The topological polar surface area (TPSA) is 86.7 Å². The van der Waals surface area contributed by atoms with Crippen molar-refractivity contribution in [3.05, 3.63) is 0 Å². The molecule has 108 valence electrons. The average Bonchev–Trinajstić information content (AvgIpc) is 2.34. The number of amides is 2. The third kappa shape index (κ3) is 4.22. The molecule has 1 fully saturated rings. The predicted molar refractivity (Wildman–Crippen MR) is 69.4 cm³/mol. The van der Waals surface area contributed by atoms with Gasteiger partial charge >= 0.3 is 5.97 Å². The smallest absolute Gasteiger partial charge is 0.308 e. The Morgan fingerprint density at radius 1 is 1.32 bits per heavy atom. The maximum Gasteiger partial charge on any atom is 0.308 e. The van der Waals surface area contributed by atoms with Crippen LogP contribution in [0.2, 0.25) is 0 Å². The van der Waals surface area contributed by atoms with Gasteiger partial charge in [0.1, 0.15) is 6.04 Å². The standard InChI is InChI=1S/C13H22N2O4/c1-8(2)11(14-9(3)16)12(17)15-6-4-5-10(7-15)13(18)19/h8,10-11H,4-7H2,1-3H3,(H,14,16)(H,18,19)/t10-,11?/m0/s1. The number of carbonyl (C=O) groups excluding carboxylic acids is 2. The van der Waals surface area contributed by atoms with Gasteiger partial charge in [-0.25, -0.2) is 0 Å². The molecule has 1 rings (SSSR count). The number of likely N-dealkylation sites (tertiary alicyclic amines) is 1. The fourth-order valence-corrected chi connectivity index (χ4v) is 2.31. The van der Waals surface area contributed by atoms with Crippen LogP contribution < -0.4 is 5.32 Å². The molecule has 0 aromatic carbocycles. The largest absolute Gasteiger partial charge is 0.481 e. The van der Waals surface area contributed by atoms with Crippen LogP contribution in [0.25, 0.3) is 0 Å². The quantitative estimate of drug-likeness (QED) is 0.777. The minimum absolute atomic E-state index is 0.0263. The maximum atomic E-state index is 12.4. The maximum absolute atomic E-state index is 12.4. The molecule has 1 heterocycles. The van der Waals surface area contributed by atoms with Gasteiger partial charge < -0.3 is 15.3 Å². The lowest BCUT2D eigenvalue weighted by molar-refractivity contribution is -0.147. The summed E-state index contributed by atoms with van der Waals surface area (Å²) < 4.78 is 0. The van der Waals surface area contributed by atoms with Gasteiger partial charge in [-0.3, -0.25) is 14.4 Å². The number of carboxylic acids is 1. The first-order valence-corrected chi connectivity index (χ1v) is 6.61. The minimum Gasteiger partial charge on any atom is -0.481 e. The number of piperidine rings is 1. The van der Waals surface area contributed by atoms with Crippen LogP contribution in [-0.2, 0) is 14.4 Å². The van der Waals surface area contributed by atoms with Crippen LogP contribution in [-0.4, -0.2) is 46.9 Å². The van der Waals surface area contributed by atoms with Crippen LogP contribution in [0, 0.1) is 11.8 Å². The molecule has 0 bridgehead atoms. The van der Waals surface area contributed by atoms with Crippen molar-refractivity contribution in [2.24, 2.45) is 11.8 Å². The normalized spacial score (nSPS) is 21.1. The van der Waals surface area contributed by atoms with Crippen LogP contribution in [0.3, 0.4) is 0 Å². The number of nitrogens with one attached hydrogen (secondary N) is 1. The predicted octanol–water partition coefficient (Wildman–Crippen LogP) is 0.470. The van der Waals surface area contributed by atoms with Gasteiger partial charge in [-0.2, -0.15) is 0 Å². The van der Waals surface area contributed by atoms with Gasteiger partial charge in [0.15, 0.2) is 0 Å². The molecule has 19 heavy (non-hydrogen) atoms.